The van der Waals surface area contributed by atoms with Gasteiger partial charge in [0.15, 0.2) is 0 Å². The molecule has 1 aliphatic rings. The first kappa shape index (κ1) is 12.3. The van der Waals surface area contributed by atoms with Crippen LogP contribution in [0.2, 0.25) is 0 Å². The molecule has 2 atom stereocenters. The Morgan fingerprint density at radius 3 is 2.84 bits per heavy atom. The third-order valence-electron chi connectivity index (χ3n) is 3.58. The summed E-state index contributed by atoms with van der Waals surface area (Å²) in [6.07, 6.45) is 0. The number of rotatable bonds is 2. The summed E-state index contributed by atoms with van der Waals surface area (Å²) in [6, 6.07) is 4.76. The summed E-state index contributed by atoms with van der Waals surface area (Å²) in [4.78, 5) is 4.41. The summed E-state index contributed by atoms with van der Waals surface area (Å²) in [7, 11) is 0. The van der Waals surface area contributed by atoms with Gasteiger partial charge in [-0.15, -0.1) is 0 Å². The maximum absolute atomic E-state index is 13.4. The number of benzene rings is 1. The average molecular weight is 261 g/mol. The Hall–Kier alpha value is -1.75. The van der Waals surface area contributed by atoms with Crippen molar-refractivity contribution >= 4 is 0 Å². The van der Waals surface area contributed by atoms with Gasteiger partial charge >= 0.3 is 0 Å². The van der Waals surface area contributed by atoms with E-state index in [1.807, 2.05) is 13.0 Å². The van der Waals surface area contributed by atoms with Gasteiger partial charge in [0.05, 0.1) is 5.92 Å². The second-order valence-corrected chi connectivity index (χ2v) is 5.22. The fraction of sp³-hybridized carbons (Fsp3) is 0.429. The minimum atomic E-state index is -0.280. The molecule has 1 aliphatic heterocycles. The molecule has 1 N–H and O–H groups in total. The molecule has 0 bridgehead atoms. The number of hydrogen-bond acceptors (Lipinski definition) is 4. The Morgan fingerprint density at radius 2 is 2.16 bits per heavy atom. The molecule has 1 saturated heterocycles. The number of aromatic nitrogens is 2. The van der Waals surface area contributed by atoms with Crippen LogP contribution >= 0.6 is 0 Å². The molecule has 100 valence electrons. The number of halogens is 1. The van der Waals surface area contributed by atoms with Crippen LogP contribution in [-0.4, -0.2) is 23.2 Å². The lowest BCUT2D eigenvalue weighted by atomic mass is 9.98. The predicted molar refractivity (Wildman–Crippen MR) is 69.2 cm³/mol. The number of aryl methyl sites for hydroxylation is 1. The van der Waals surface area contributed by atoms with Gasteiger partial charge in [-0.1, -0.05) is 12.1 Å². The van der Waals surface area contributed by atoms with Crippen LogP contribution in [0.15, 0.2) is 22.7 Å². The van der Waals surface area contributed by atoms with Crippen molar-refractivity contribution in [1.29, 1.82) is 0 Å². The van der Waals surface area contributed by atoms with Gasteiger partial charge in [-0.2, -0.15) is 4.98 Å². The summed E-state index contributed by atoms with van der Waals surface area (Å²) in [5, 5.41) is 7.27. The van der Waals surface area contributed by atoms with E-state index in [-0.39, 0.29) is 11.7 Å². The molecule has 0 amide bonds. The predicted octanol–water partition coefficient (Wildman–Crippen LogP) is 2.51. The van der Waals surface area contributed by atoms with Gasteiger partial charge < -0.3 is 9.84 Å². The topological polar surface area (TPSA) is 51.0 Å². The first-order valence-electron chi connectivity index (χ1n) is 6.45. The molecule has 4 nitrogen and oxygen atoms in total. The maximum Gasteiger partial charge on any atom is 0.231 e. The van der Waals surface area contributed by atoms with Crippen LogP contribution in [0.25, 0.3) is 11.4 Å². The summed E-state index contributed by atoms with van der Waals surface area (Å²) < 4.78 is 18.7. The molecule has 1 aromatic carbocycles. The van der Waals surface area contributed by atoms with E-state index < -0.39 is 0 Å². The van der Waals surface area contributed by atoms with Gasteiger partial charge in [0.1, 0.15) is 5.82 Å². The third kappa shape index (κ3) is 2.38. The number of nitrogens with one attached hydrogen (secondary N) is 1. The molecular weight excluding hydrogens is 245 g/mol. The zero-order chi connectivity index (χ0) is 13.4. The molecule has 2 heterocycles. The second-order valence-electron chi connectivity index (χ2n) is 5.22. The number of nitrogens with zero attached hydrogens (tertiary/aromatic N) is 2. The van der Waals surface area contributed by atoms with Crippen molar-refractivity contribution in [3.05, 3.63) is 35.5 Å². The molecular formula is C14H16FN3O. The lowest BCUT2D eigenvalue weighted by Crippen LogP contribution is -2.08. The molecule has 0 radical (unpaired) electrons. The highest BCUT2D eigenvalue weighted by molar-refractivity contribution is 5.55. The summed E-state index contributed by atoms with van der Waals surface area (Å²) in [6.45, 7) is 5.81. The molecule has 0 spiro atoms. The molecule has 3 rings (SSSR count). The van der Waals surface area contributed by atoms with Crippen molar-refractivity contribution in [2.24, 2.45) is 5.92 Å². The van der Waals surface area contributed by atoms with E-state index in [4.69, 9.17) is 4.52 Å². The molecule has 0 saturated carbocycles. The molecule has 0 aliphatic carbocycles. The van der Waals surface area contributed by atoms with E-state index >= 15 is 0 Å². The Labute approximate surface area is 111 Å². The van der Waals surface area contributed by atoms with Crippen LogP contribution in [0.5, 0.6) is 0 Å². The highest BCUT2D eigenvalue weighted by Crippen LogP contribution is 2.28. The standard InChI is InChI=1S/C14H16FN3O/c1-8-3-10(5-11(15)4-8)13-17-14(19-18-13)12-7-16-6-9(12)2/h3-5,9,12,16H,6-7H2,1-2H3/t9-,12-/m1/s1. The van der Waals surface area contributed by atoms with Crippen LogP contribution in [0.1, 0.15) is 24.3 Å². The highest BCUT2D eigenvalue weighted by Gasteiger charge is 2.29. The smallest absolute Gasteiger partial charge is 0.231 e. The fourth-order valence-corrected chi connectivity index (χ4v) is 2.51. The number of hydrogen-bond donors (Lipinski definition) is 1. The van der Waals surface area contributed by atoms with Crippen molar-refractivity contribution < 1.29 is 8.91 Å². The van der Waals surface area contributed by atoms with Crippen molar-refractivity contribution in [3.63, 3.8) is 0 Å². The Balaban J connectivity index is 1.92. The van der Waals surface area contributed by atoms with Crippen LogP contribution < -0.4 is 5.32 Å². The largest absolute Gasteiger partial charge is 0.339 e. The minimum absolute atomic E-state index is 0.246. The molecule has 1 fully saturated rings. The molecule has 19 heavy (non-hydrogen) atoms. The van der Waals surface area contributed by atoms with Gasteiger partial charge in [0, 0.05) is 12.1 Å². The van der Waals surface area contributed by atoms with Crippen LogP contribution in [0.3, 0.4) is 0 Å². The van der Waals surface area contributed by atoms with Crippen LogP contribution in [0, 0.1) is 18.7 Å². The van der Waals surface area contributed by atoms with Gasteiger partial charge in [-0.25, -0.2) is 4.39 Å². The Bertz CT molecular complexity index is 576. The zero-order valence-electron chi connectivity index (χ0n) is 11.0. The van der Waals surface area contributed by atoms with Gasteiger partial charge in [0.25, 0.3) is 0 Å². The van der Waals surface area contributed by atoms with E-state index in [9.17, 15) is 4.39 Å². The summed E-state index contributed by atoms with van der Waals surface area (Å²) in [5.74, 6) is 1.53. The van der Waals surface area contributed by atoms with E-state index in [2.05, 4.69) is 22.4 Å². The van der Waals surface area contributed by atoms with Crippen LogP contribution in [-0.2, 0) is 0 Å². The molecule has 1 aromatic heterocycles. The quantitative estimate of drug-likeness (QED) is 0.902. The Morgan fingerprint density at radius 1 is 1.32 bits per heavy atom. The van der Waals surface area contributed by atoms with Crippen molar-refractivity contribution in [1.82, 2.24) is 15.5 Å². The highest BCUT2D eigenvalue weighted by atomic mass is 19.1. The molecule has 2 aromatic rings. The second kappa shape index (κ2) is 4.74. The fourth-order valence-electron chi connectivity index (χ4n) is 2.51. The van der Waals surface area contributed by atoms with Gasteiger partial charge in [-0.05, 0) is 43.1 Å². The molecule has 0 unspecified atom stereocenters. The summed E-state index contributed by atoms with van der Waals surface area (Å²) in [5.41, 5.74) is 1.50. The van der Waals surface area contributed by atoms with E-state index in [0.29, 0.717) is 23.2 Å². The maximum atomic E-state index is 13.4. The first-order valence-corrected chi connectivity index (χ1v) is 6.45. The minimum Gasteiger partial charge on any atom is -0.339 e. The van der Waals surface area contributed by atoms with Gasteiger partial charge in [-0.3, -0.25) is 0 Å². The zero-order valence-corrected chi connectivity index (χ0v) is 11.0. The van der Waals surface area contributed by atoms with E-state index in [0.717, 1.165) is 18.7 Å². The van der Waals surface area contributed by atoms with Crippen LogP contribution in [0.4, 0.5) is 4.39 Å². The lowest BCUT2D eigenvalue weighted by molar-refractivity contribution is 0.340. The average Bonchev–Trinajstić information content (AvgIpc) is 2.95. The first-order chi connectivity index (χ1) is 9.13. The van der Waals surface area contributed by atoms with E-state index in [1.165, 1.54) is 12.1 Å². The van der Waals surface area contributed by atoms with Crippen molar-refractivity contribution in [2.75, 3.05) is 13.1 Å². The molecule has 5 heteroatoms. The monoisotopic (exact) mass is 261 g/mol. The lowest BCUT2D eigenvalue weighted by Gasteiger charge is -2.07. The normalized spacial score (nSPS) is 22.9. The third-order valence-corrected chi connectivity index (χ3v) is 3.58. The van der Waals surface area contributed by atoms with Gasteiger partial charge in [0.2, 0.25) is 11.7 Å². The van der Waals surface area contributed by atoms with Crippen molar-refractivity contribution in [3.8, 4) is 11.4 Å². The van der Waals surface area contributed by atoms with Crippen molar-refractivity contribution in [2.45, 2.75) is 19.8 Å². The SMILES string of the molecule is Cc1cc(F)cc(-c2noc([C@@H]3CNC[C@H]3C)n2)c1. The van der Waals surface area contributed by atoms with E-state index in [1.54, 1.807) is 0 Å². The Kier molecular flexibility index (Phi) is 3.06. The summed E-state index contributed by atoms with van der Waals surface area (Å²) >= 11 is 0.